The second-order valence-corrected chi connectivity index (χ2v) is 4.75. The van der Waals surface area contributed by atoms with Crippen molar-refractivity contribution >= 4 is 5.91 Å². The molecule has 0 N–H and O–H groups in total. The molecule has 1 amide bonds. The number of amides is 1. The van der Waals surface area contributed by atoms with E-state index in [2.05, 4.69) is 9.55 Å². The molecule has 0 atom stereocenters. The summed E-state index contributed by atoms with van der Waals surface area (Å²) < 4.78 is 3.99. The van der Waals surface area contributed by atoms with E-state index in [0.29, 0.717) is 6.04 Å². The van der Waals surface area contributed by atoms with Gasteiger partial charge in [-0.3, -0.25) is 4.79 Å². The fourth-order valence-electron chi connectivity index (χ4n) is 2.42. The molecule has 3 rings (SSSR count). The number of likely N-dealkylation sites (tertiary alicyclic amines) is 1. The maximum Gasteiger partial charge on any atom is 0.270 e. The smallest absolute Gasteiger partial charge is 0.270 e. The van der Waals surface area contributed by atoms with Crippen LogP contribution in [0.1, 0.15) is 22.4 Å². The largest absolute Gasteiger partial charge is 0.347 e. The average molecular weight is 244 g/mol. The summed E-state index contributed by atoms with van der Waals surface area (Å²) in [5.41, 5.74) is 0.746. The maximum absolute atomic E-state index is 12.2. The predicted molar refractivity (Wildman–Crippen MR) is 67.3 cm³/mol. The molecule has 5 nitrogen and oxygen atoms in total. The SMILES string of the molecule is Cc1nccn1C1CN(C(=O)c2cccn2C)C1. The highest BCUT2D eigenvalue weighted by molar-refractivity contribution is 5.93. The zero-order valence-electron chi connectivity index (χ0n) is 10.6. The van der Waals surface area contributed by atoms with Gasteiger partial charge in [0.2, 0.25) is 0 Å². The molecule has 3 heterocycles. The standard InChI is InChI=1S/C13H16N4O/c1-10-14-5-7-17(10)11-8-16(9-11)13(18)12-4-3-6-15(12)2/h3-7,11H,8-9H2,1-2H3. The van der Waals surface area contributed by atoms with Crippen molar-refractivity contribution in [2.24, 2.45) is 7.05 Å². The Morgan fingerprint density at radius 2 is 2.17 bits per heavy atom. The molecule has 1 saturated heterocycles. The molecule has 0 aliphatic carbocycles. The maximum atomic E-state index is 12.2. The lowest BCUT2D eigenvalue weighted by atomic mass is 10.1. The van der Waals surface area contributed by atoms with Crippen LogP contribution in [0.25, 0.3) is 0 Å². The molecule has 0 spiro atoms. The minimum atomic E-state index is 0.108. The van der Waals surface area contributed by atoms with Crippen LogP contribution in [0.2, 0.25) is 0 Å². The van der Waals surface area contributed by atoms with Gasteiger partial charge < -0.3 is 14.0 Å². The highest BCUT2D eigenvalue weighted by Gasteiger charge is 2.33. The summed E-state index contributed by atoms with van der Waals surface area (Å²) in [4.78, 5) is 18.3. The molecule has 0 saturated carbocycles. The number of aromatic nitrogens is 3. The molecule has 1 fully saturated rings. The van der Waals surface area contributed by atoms with Crippen LogP contribution in [0.15, 0.2) is 30.7 Å². The van der Waals surface area contributed by atoms with Crippen molar-refractivity contribution in [1.82, 2.24) is 19.0 Å². The molecule has 0 unspecified atom stereocenters. The molecular formula is C13H16N4O. The van der Waals surface area contributed by atoms with Crippen molar-refractivity contribution in [1.29, 1.82) is 0 Å². The van der Waals surface area contributed by atoms with Gasteiger partial charge >= 0.3 is 0 Å². The van der Waals surface area contributed by atoms with Gasteiger partial charge in [-0.2, -0.15) is 0 Å². The average Bonchev–Trinajstić information content (AvgIpc) is 2.86. The summed E-state index contributed by atoms with van der Waals surface area (Å²) in [7, 11) is 1.89. The molecule has 18 heavy (non-hydrogen) atoms. The molecule has 0 aromatic carbocycles. The van der Waals surface area contributed by atoms with Gasteiger partial charge in [-0.25, -0.2) is 4.98 Å². The van der Waals surface area contributed by atoms with Crippen LogP contribution in [0.4, 0.5) is 0 Å². The number of hydrogen-bond acceptors (Lipinski definition) is 2. The van der Waals surface area contributed by atoms with Crippen molar-refractivity contribution < 1.29 is 4.79 Å². The summed E-state index contributed by atoms with van der Waals surface area (Å²) in [6.07, 6.45) is 5.67. The Bertz CT molecular complexity index is 577. The first-order valence-electron chi connectivity index (χ1n) is 6.07. The first-order valence-corrected chi connectivity index (χ1v) is 6.07. The normalized spacial score (nSPS) is 15.8. The van der Waals surface area contributed by atoms with Crippen LogP contribution < -0.4 is 0 Å². The molecule has 1 aliphatic heterocycles. The molecule has 1 aliphatic rings. The van der Waals surface area contributed by atoms with Gasteiger partial charge in [-0.1, -0.05) is 0 Å². The quantitative estimate of drug-likeness (QED) is 0.797. The van der Waals surface area contributed by atoms with E-state index in [1.54, 1.807) is 6.20 Å². The van der Waals surface area contributed by atoms with Crippen molar-refractivity contribution in [2.75, 3.05) is 13.1 Å². The van der Waals surface area contributed by atoms with E-state index in [4.69, 9.17) is 0 Å². The van der Waals surface area contributed by atoms with Gasteiger partial charge in [0.05, 0.1) is 6.04 Å². The van der Waals surface area contributed by atoms with E-state index < -0.39 is 0 Å². The van der Waals surface area contributed by atoms with Gasteiger partial charge in [0, 0.05) is 38.7 Å². The van der Waals surface area contributed by atoms with Gasteiger partial charge in [-0.05, 0) is 19.1 Å². The summed E-state index contributed by atoms with van der Waals surface area (Å²) in [6, 6.07) is 4.12. The lowest BCUT2D eigenvalue weighted by Gasteiger charge is -2.40. The van der Waals surface area contributed by atoms with E-state index in [1.807, 2.05) is 48.0 Å². The highest BCUT2D eigenvalue weighted by atomic mass is 16.2. The van der Waals surface area contributed by atoms with Crippen LogP contribution >= 0.6 is 0 Å². The highest BCUT2D eigenvalue weighted by Crippen LogP contribution is 2.24. The van der Waals surface area contributed by atoms with E-state index in [1.165, 1.54) is 0 Å². The van der Waals surface area contributed by atoms with Crippen LogP contribution in [-0.4, -0.2) is 38.0 Å². The Hall–Kier alpha value is -2.04. The Labute approximate surface area is 106 Å². The first-order chi connectivity index (χ1) is 8.66. The van der Waals surface area contributed by atoms with Crippen LogP contribution in [0.3, 0.4) is 0 Å². The molecule has 5 heteroatoms. The molecule has 0 bridgehead atoms. The van der Waals surface area contributed by atoms with Gasteiger partial charge in [0.25, 0.3) is 5.91 Å². The van der Waals surface area contributed by atoms with Gasteiger partial charge in [0.15, 0.2) is 0 Å². The minimum absolute atomic E-state index is 0.108. The third-order valence-corrected chi connectivity index (χ3v) is 3.57. The zero-order valence-corrected chi connectivity index (χ0v) is 10.6. The summed E-state index contributed by atoms with van der Waals surface area (Å²) >= 11 is 0. The second kappa shape index (κ2) is 4.01. The molecule has 94 valence electrons. The Morgan fingerprint density at radius 3 is 2.72 bits per heavy atom. The fourth-order valence-corrected chi connectivity index (χ4v) is 2.42. The lowest BCUT2D eigenvalue weighted by Crippen LogP contribution is -2.51. The summed E-state index contributed by atoms with van der Waals surface area (Å²) in [5, 5.41) is 0. The monoisotopic (exact) mass is 244 g/mol. The molecule has 2 aromatic rings. The molecule has 2 aromatic heterocycles. The first kappa shape index (κ1) is 11.1. The Balaban J connectivity index is 1.68. The number of imidazole rings is 1. The molecule has 0 radical (unpaired) electrons. The van der Waals surface area contributed by atoms with Gasteiger partial charge in [0.1, 0.15) is 11.5 Å². The van der Waals surface area contributed by atoms with Crippen LogP contribution in [0.5, 0.6) is 0 Å². The van der Waals surface area contributed by atoms with E-state index in [0.717, 1.165) is 24.6 Å². The van der Waals surface area contributed by atoms with E-state index >= 15 is 0 Å². The number of rotatable bonds is 2. The van der Waals surface area contributed by atoms with E-state index in [9.17, 15) is 4.79 Å². The van der Waals surface area contributed by atoms with Crippen LogP contribution in [-0.2, 0) is 7.05 Å². The summed E-state index contributed by atoms with van der Waals surface area (Å²) in [6.45, 7) is 3.52. The van der Waals surface area contributed by atoms with E-state index in [-0.39, 0.29) is 5.91 Å². The number of carbonyl (C=O) groups is 1. The zero-order chi connectivity index (χ0) is 12.7. The number of nitrogens with zero attached hydrogens (tertiary/aromatic N) is 4. The topological polar surface area (TPSA) is 43.1 Å². The summed E-state index contributed by atoms with van der Waals surface area (Å²) in [5.74, 6) is 1.11. The lowest BCUT2D eigenvalue weighted by molar-refractivity contribution is 0.0507. The number of hydrogen-bond donors (Lipinski definition) is 0. The third kappa shape index (κ3) is 1.63. The second-order valence-electron chi connectivity index (χ2n) is 4.75. The fraction of sp³-hybridized carbons (Fsp3) is 0.385. The predicted octanol–water partition coefficient (Wildman–Crippen LogP) is 1.23. The Morgan fingerprint density at radius 1 is 1.39 bits per heavy atom. The van der Waals surface area contributed by atoms with Gasteiger partial charge in [-0.15, -0.1) is 0 Å². The minimum Gasteiger partial charge on any atom is -0.347 e. The van der Waals surface area contributed by atoms with Crippen molar-refractivity contribution in [2.45, 2.75) is 13.0 Å². The molecular weight excluding hydrogens is 228 g/mol. The van der Waals surface area contributed by atoms with Crippen molar-refractivity contribution in [3.63, 3.8) is 0 Å². The van der Waals surface area contributed by atoms with Crippen LogP contribution in [0, 0.1) is 6.92 Å². The van der Waals surface area contributed by atoms with Crippen molar-refractivity contribution in [3.05, 3.63) is 42.2 Å². The Kier molecular flexibility index (Phi) is 2.47. The van der Waals surface area contributed by atoms with Crippen molar-refractivity contribution in [3.8, 4) is 0 Å². The third-order valence-electron chi connectivity index (χ3n) is 3.57. The number of carbonyl (C=O) groups excluding carboxylic acids is 1. The number of aryl methyl sites for hydroxylation is 2.